The van der Waals surface area contributed by atoms with Crippen molar-refractivity contribution in [3.8, 4) is 0 Å². The van der Waals surface area contributed by atoms with Gasteiger partial charge in [-0.2, -0.15) is 0 Å². The Bertz CT molecular complexity index is 2150. The second-order valence-corrected chi connectivity index (χ2v) is 13.6. The van der Waals surface area contributed by atoms with Gasteiger partial charge in [-0.1, -0.05) is 0 Å². The number of fused-ring (bicyclic) bond motifs is 6. The molecule has 1 aliphatic carbocycles. The highest BCUT2D eigenvalue weighted by molar-refractivity contribution is 6.11. The normalized spacial score (nSPS) is 19.2. The lowest BCUT2D eigenvalue weighted by Crippen LogP contribution is -2.45. The van der Waals surface area contributed by atoms with Crippen molar-refractivity contribution < 1.29 is 9.59 Å². The Morgan fingerprint density at radius 1 is 0.735 bits per heavy atom. The van der Waals surface area contributed by atoms with Crippen LogP contribution in [0.15, 0.2) is 61.4 Å². The topological polar surface area (TPSA) is 160 Å². The highest BCUT2D eigenvalue weighted by Crippen LogP contribution is 2.35. The first-order valence-corrected chi connectivity index (χ1v) is 17.2. The second kappa shape index (κ2) is 12.9. The van der Waals surface area contributed by atoms with Crippen LogP contribution in [0.25, 0.3) is 43.9 Å². The van der Waals surface area contributed by atoms with Crippen molar-refractivity contribution in [2.75, 3.05) is 36.0 Å². The number of H-pyrrole nitrogens is 2. The molecular formula is C36H41N11O2. The Balaban J connectivity index is 0.000000142. The SMILES string of the molecule is CC(C)NC(=O)NC1CCN(c2ccnc3cnc4[nH]ccc4c23)C1.O=C(NC1CCN(c2ccnc3cnc4[nH]ccc4c23)C1)C1CC1. The molecule has 3 fully saturated rings. The zero-order valence-electron chi connectivity index (χ0n) is 27.7. The van der Waals surface area contributed by atoms with Crippen LogP contribution in [-0.2, 0) is 4.79 Å². The van der Waals surface area contributed by atoms with Crippen molar-refractivity contribution in [2.45, 2.75) is 57.7 Å². The van der Waals surface area contributed by atoms with E-state index < -0.39 is 0 Å². The van der Waals surface area contributed by atoms with Crippen LogP contribution in [0.3, 0.4) is 0 Å². The molecule has 2 saturated heterocycles. The predicted octanol–water partition coefficient (Wildman–Crippen LogP) is 4.61. The van der Waals surface area contributed by atoms with E-state index in [9.17, 15) is 9.59 Å². The summed E-state index contributed by atoms with van der Waals surface area (Å²) in [5.41, 5.74) is 5.87. The Hall–Kier alpha value is -5.46. The Kier molecular flexibility index (Phi) is 8.10. The number of hydrogen-bond acceptors (Lipinski definition) is 8. The smallest absolute Gasteiger partial charge is 0.315 e. The molecule has 13 nitrogen and oxygen atoms in total. The maximum Gasteiger partial charge on any atom is 0.315 e. The van der Waals surface area contributed by atoms with Gasteiger partial charge in [-0.05, 0) is 63.8 Å². The average Bonchev–Trinajstić information content (AvgIpc) is 3.50. The molecule has 6 aromatic heterocycles. The number of hydrogen-bond donors (Lipinski definition) is 5. The van der Waals surface area contributed by atoms with Gasteiger partial charge in [0, 0.05) is 108 Å². The van der Waals surface area contributed by atoms with Crippen molar-refractivity contribution in [1.82, 2.24) is 45.9 Å². The van der Waals surface area contributed by atoms with E-state index in [1.165, 1.54) is 5.69 Å². The van der Waals surface area contributed by atoms with E-state index in [1.54, 1.807) is 6.20 Å². The molecule has 5 N–H and O–H groups in total. The lowest BCUT2D eigenvalue weighted by molar-refractivity contribution is -0.122. The van der Waals surface area contributed by atoms with E-state index >= 15 is 0 Å². The molecule has 2 atom stereocenters. The van der Waals surface area contributed by atoms with Gasteiger partial charge in [0.15, 0.2) is 0 Å². The zero-order valence-corrected chi connectivity index (χ0v) is 27.7. The summed E-state index contributed by atoms with van der Waals surface area (Å²) in [6, 6.07) is 8.63. The van der Waals surface area contributed by atoms with E-state index in [1.807, 2.05) is 57.0 Å². The lowest BCUT2D eigenvalue weighted by Gasteiger charge is -2.21. The number of anilines is 2. The predicted molar refractivity (Wildman–Crippen MR) is 192 cm³/mol. The number of pyridine rings is 4. The first-order valence-electron chi connectivity index (χ1n) is 17.2. The number of rotatable bonds is 6. The van der Waals surface area contributed by atoms with Gasteiger partial charge in [0.2, 0.25) is 5.91 Å². The van der Waals surface area contributed by atoms with Gasteiger partial charge in [0.1, 0.15) is 11.3 Å². The third-order valence-electron chi connectivity index (χ3n) is 9.64. The molecular weight excluding hydrogens is 618 g/mol. The largest absolute Gasteiger partial charge is 0.369 e. The molecule has 13 heteroatoms. The van der Waals surface area contributed by atoms with Gasteiger partial charge in [-0.15, -0.1) is 0 Å². The Morgan fingerprint density at radius 3 is 1.78 bits per heavy atom. The van der Waals surface area contributed by atoms with Crippen LogP contribution in [0.1, 0.15) is 39.5 Å². The van der Waals surface area contributed by atoms with Crippen LogP contribution >= 0.6 is 0 Å². The number of carbonyl (C=O) groups is 2. The second-order valence-electron chi connectivity index (χ2n) is 13.6. The molecule has 0 radical (unpaired) electrons. The molecule has 6 aromatic rings. The fourth-order valence-corrected chi connectivity index (χ4v) is 7.15. The third-order valence-corrected chi connectivity index (χ3v) is 9.64. The summed E-state index contributed by atoms with van der Waals surface area (Å²) >= 11 is 0. The average molecular weight is 660 g/mol. The van der Waals surface area contributed by atoms with E-state index in [0.717, 1.165) is 101 Å². The molecule has 0 aromatic carbocycles. The Labute approximate surface area is 283 Å². The van der Waals surface area contributed by atoms with E-state index in [4.69, 9.17) is 0 Å². The van der Waals surface area contributed by atoms with Crippen LogP contribution in [-0.4, -0.2) is 86.1 Å². The van der Waals surface area contributed by atoms with Crippen molar-refractivity contribution in [3.05, 3.63) is 61.4 Å². The fourth-order valence-electron chi connectivity index (χ4n) is 7.15. The molecule has 2 aliphatic heterocycles. The monoisotopic (exact) mass is 659 g/mol. The molecule has 0 spiro atoms. The first kappa shape index (κ1) is 30.8. The van der Waals surface area contributed by atoms with Crippen molar-refractivity contribution >= 4 is 67.2 Å². The molecule has 0 bridgehead atoms. The molecule has 252 valence electrons. The van der Waals surface area contributed by atoms with E-state index in [0.29, 0.717) is 0 Å². The van der Waals surface area contributed by atoms with E-state index in [-0.39, 0.29) is 36.0 Å². The van der Waals surface area contributed by atoms with Crippen LogP contribution in [0.4, 0.5) is 16.2 Å². The van der Waals surface area contributed by atoms with Crippen molar-refractivity contribution in [3.63, 3.8) is 0 Å². The van der Waals surface area contributed by atoms with Crippen molar-refractivity contribution in [2.24, 2.45) is 5.92 Å². The van der Waals surface area contributed by atoms with Crippen LogP contribution < -0.4 is 25.8 Å². The highest BCUT2D eigenvalue weighted by Gasteiger charge is 2.33. The van der Waals surface area contributed by atoms with Gasteiger partial charge < -0.3 is 35.7 Å². The molecule has 1 saturated carbocycles. The first-order chi connectivity index (χ1) is 23.9. The summed E-state index contributed by atoms with van der Waals surface area (Å²) < 4.78 is 0. The number of carbonyl (C=O) groups excluding carboxylic acids is 2. The highest BCUT2D eigenvalue weighted by atomic mass is 16.2. The minimum absolute atomic E-state index is 0.0985. The quantitative estimate of drug-likeness (QED) is 0.173. The maximum atomic E-state index is 12.0. The minimum atomic E-state index is -0.0985. The summed E-state index contributed by atoms with van der Waals surface area (Å²) in [4.78, 5) is 52.7. The summed E-state index contributed by atoms with van der Waals surface area (Å²) in [6.07, 6.45) is 15.1. The molecule has 3 amide bonds. The van der Waals surface area contributed by atoms with Crippen LogP contribution in [0, 0.1) is 5.92 Å². The van der Waals surface area contributed by atoms with E-state index in [2.05, 4.69) is 67.8 Å². The zero-order chi connectivity index (χ0) is 33.5. The summed E-state index contributed by atoms with van der Waals surface area (Å²) in [7, 11) is 0. The lowest BCUT2D eigenvalue weighted by atomic mass is 10.1. The molecule has 8 heterocycles. The molecule has 49 heavy (non-hydrogen) atoms. The van der Waals surface area contributed by atoms with Gasteiger partial charge in [0.05, 0.1) is 23.4 Å². The van der Waals surface area contributed by atoms with Crippen molar-refractivity contribution in [1.29, 1.82) is 0 Å². The number of amides is 3. The molecule has 9 rings (SSSR count). The number of urea groups is 1. The third kappa shape index (κ3) is 6.28. The maximum absolute atomic E-state index is 12.0. The summed E-state index contributed by atoms with van der Waals surface area (Å²) in [5.74, 6) is 0.505. The van der Waals surface area contributed by atoms with Gasteiger partial charge in [0.25, 0.3) is 0 Å². The van der Waals surface area contributed by atoms with Crippen LogP contribution in [0.5, 0.6) is 0 Å². The van der Waals surface area contributed by atoms with Gasteiger partial charge in [-0.3, -0.25) is 14.8 Å². The van der Waals surface area contributed by atoms with Gasteiger partial charge >= 0.3 is 6.03 Å². The fraction of sp³-hybridized carbons (Fsp3) is 0.389. The Morgan fingerprint density at radius 2 is 1.27 bits per heavy atom. The minimum Gasteiger partial charge on any atom is -0.369 e. The molecule has 3 aliphatic rings. The number of aromatic nitrogens is 6. The summed E-state index contributed by atoms with van der Waals surface area (Å²) in [6.45, 7) is 7.41. The number of aromatic amines is 2. The number of nitrogens with zero attached hydrogens (tertiary/aromatic N) is 6. The standard InChI is InChI=1S/C18H22N6O.C18H19N5O/c1-11(2)22-18(25)23-12-5-8-24(10-12)15-4-7-19-14-9-21-17-13(16(14)15)3-6-20-17;24-18(11-1-2-11)22-12-5-8-23(10-12)15-4-7-19-14-9-21-17-13(16(14)15)3-6-20-17/h3-4,6-7,9,11-12H,5,8,10H2,1-2H3,(H,20,21)(H2,22,23,25);3-4,6-7,9,11-12H,1-2,5,8,10H2,(H,20,21)(H,22,24). The number of nitrogens with one attached hydrogen (secondary N) is 5. The van der Waals surface area contributed by atoms with Gasteiger partial charge in [-0.25, -0.2) is 14.8 Å². The summed E-state index contributed by atoms with van der Waals surface area (Å²) in [5, 5.41) is 13.6. The molecule has 2 unspecified atom stereocenters. The van der Waals surface area contributed by atoms with Crippen LogP contribution in [0.2, 0.25) is 0 Å².